The molecule has 11 heteroatoms. The fourth-order valence-corrected chi connectivity index (χ4v) is 3.70. The van der Waals surface area contributed by atoms with Crippen LogP contribution in [0.5, 0.6) is 0 Å². The third kappa shape index (κ3) is 7.96. The highest BCUT2D eigenvalue weighted by Crippen LogP contribution is 2.40. The Morgan fingerprint density at radius 3 is 2.05 bits per heavy atom. The van der Waals surface area contributed by atoms with E-state index in [0.29, 0.717) is 0 Å². The summed E-state index contributed by atoms with van der Waals surface area (Å²) in [5, 5.41) is 24.8. The van der Waals surface area contributed by atoms with Gasteiger partial charge in [0.05, 0.1) is 47.0 Å². The normalized spacial score (nSPS) is 16.1. The van der Waals surface area contributed by atoms with Gasteiger partial charge in [0.25, 0.3) is 5.69 Å². The molecule has 0 saturated heterocycles. The molecule has 1 atom stereocenters. The molecule has 0 fully saturated rings. The number of hydrogen-bond acceptors (Lipinski definition) is 9. The van der Waals surface area contributed by atoms with Crippen molar-refractivity contribution in [3.8, 4) is 0 Å². The number of ketones is 1. The fourth-order valence-electron chi connectivity index (χ4n) is 3.70. The summed E-state index contributed by atoms with van der Waals surface area (Å²) in [7, 11) is 0. The van der Waals surface area contributed by atoms with Crippen LogP contribution in [0, 0.1) is 15.5 Å². The molecule has 1 aliphatic rings. The summed E-state index contributed by atoms with van der Waals surface area (Å²) in [6.45, 7) is 11.3. The van der Waals surface area contributed by atoms with Crippen molar-refractivity contribution in [2.45, 2.75) is 66.6 Å². The second-order valence-corrected chi connectivity index (χ2v) is 10.5. The number of nitro groups is 1. The zero-order valence-corrected chi connectivity index (χ0v) is 22.8. The van der Waals surface area contributed by atoms with Crippen LogP contribution < -0.4 is 5.32 Å². The molecule has 2 rings (SSSR count). The van der Waals surface area contributed by atoms with Crippen LogP contribution in [0.1, 0.15) is 59.9 Å². The number of rotatable bonds is 12. The summed E-state index contributed by atoms with van der Waals surface area (Å²) in [6, 6.07) is 5.44. The molecule has 0 radical (unpaired) electrons. The Morgan fingerprint density at radius 2 is 1.58 bits per heavy atom. The topological polar surface area (TPSA) is 154 Å². The van der Waals surface area contributed by atoms with E-state index in [1.165, 1.54) is 24.3 Å². The lowest BCUT2D eigenvalue weighted by Gasteiger charge is -2.33. The van der Waals surface area contributed by atoms with Crippen molar-refractivity contribution in [2.75, 3.05) is 19.8 Å². The molecule has 0 amide bonds. The summed E-state index contributed by atoms with van der Waals surface area (Å²) >= 11 is 0. The molecule has 0 saturated carbocycles. The smallest absolute Gasteiger partial charge is 0.334 e. The van der Waals surface area contributed by atoms with E-state index < -0.39 is 40.6 Å². The van der Waals surface area contributed by atoms with Crippen LogP contribution in [-0.4, -0.2) is 59.8 Å². The Labute approximate surface area is 222 Å². The molecule has 1 aromatic carbocycles. The van der Waals surface area contributed by atoms with Crippen molar-refractivity contribution in [1.82, 2.24) is 5.32 Å². The van der Waals surface area contributed by atoms with Gasteiger partial charge in [-0.25, -0.2) is 4.79 Å². The van der Waals surface area contributed by atoms with Gasteiger partial charge in [-0.05, 0) is 54.0 Å². The number of ether oxygens (including phenoxy) is 3. The van der Waals surface area contributed by atoms with Gasteiger partial charge in [-0.1, -0.05) is 12.1 Å². The van der Waals surface area contributed by atoms with Crippen molar-refractivity contribution >= 4 is 23.4 Å². The van der Waals surface area contributed by atoms with E-state index in [1.807, 2.05) is 0 Å². The van der Waals surface area contributed by atoms with Gasteiger partial charge < -0.3 is 24.6 Å². The fraction of sp³-hybridized carbons (Fsp3) is 0.519. The highest BCUT2D eigenvalue weighted by atomic mass is 16.6. The van der Waals surface area contributed by atoms with Crippen LogP contribution in [0.15, 0.2) is 46.8 Å². The van der Waals surface area contributed by atoms with Gasteiger partial charge in [-0.3, -0.25) is 19.7 Å². The van der Waals surface area contributed by atoms with Crippen LogP contribution in [0.25, 0.3) is 0 Å². The third-order valence-electron chi connectivity index (χ3n) is 5.54. The Morgan fingerprint density at radius 1 is 1.03 bits per heavy atom. The predicted molar refractivity (Wildman–Crippen MR) is 138 cm³/mol. The van der Waals surface area contributed by atoms with Gasteiger partial charge in [0, 0.05) is 29.3 Å². The minimum Gasteiger partial charge on any atom is -0.478 e. The molecular formula is C27H36N2O9. The molecule has 0 aromatic heterocycles. The number of benzene rings is 1. The van der Waals surface area contributed by atoms with Gasteiger partial charge in [0.2, 0.25) is 0 Å². The van der Waals surface area contributed by atoms with Crippen molar-refractivity contribution in [3.63, 3.8) is 0 Å². The van der Waals surface area contributed by atoms with Gasteiger partial charge in [-0.15, -0.1) is 0 Å². The van der Waals surface area contributed by atoms with Crippen molar-refractivity contribution in [2.24, 2.45) is 5.41 Å². The number of nitro benzene ring substituents is 1. The molecule has 11 nitrogen and oxygen atoms in total. The van der Waals surface area contributed by atoms with E-state index in [-0.39, 0.29) is 59.2 Å². The molecule has 1 aromatic rings. The summed E-state index contributed by atoms with van der Waals surface area (Å²) in [4.78, 5) is 49.5. The predicted octanol–water partition coefficient (Wildman–Crippen LogP) is 3.88. The second kappa shape index (κ2) is 12.8. The minimum atomic E-state index is -1.34. The molecule has 1 aliphatic heterocycles. The number of esters is 1. The number of carbonyl (C=O) groups is 3. The number of hydrogen-bond donors (Lipinski definition) is 2. The number of carbonyl (C=O) groups excluding carboxylic acids is 2. The minimum absolute atomic E-state index is 0.0152. The largest absolute Gasteiger partial charge is 0.478 e. The number of aliphatic carboxylic acids is 1. The number of nitrogens with one attached hydrogen (secondary N) is 1. The highest BCUT2D eigenvalue weighted by Gasteiger charge is 2.39. The number of dihydropyridines is 1. The first-order valence-corrected chi connectivity index (χ1v) is 12.3. The molecule has 0 spiro atoms. The molecule has 0 unspecified atom stereocenters. The Bertz CT molecular complexity index is 1140. The lowest BCUT2D eigenvalue weighted by Crippen LogP contribution is -2.38. The number of Topliss-reactive ketones (excluding diaryl/α,β-unsaturated/α-hetero) is 1. The maximum Gasteiger partial charge on any atom is 0.334 e. The average molecular weight is 533 g/mol. The van der Waals surface area contributed by atoms with E-state index >= 15 is 0 Å². The van der Waals surface area contributed by atoms with Crippen LogP contribution in [-0.2, 0) is 28.6 Å². The monoisotopic (exact) mass is 532 g/mol. The number of carboxylic acid groups (broad SMARTS) is 1. The molecule has 0 aliphatic carbocycles. The van der Waals surface area contributed by atoms with E-state index in [4.69, 9.17) is 14.2 Å². The quantitative estimate of drug-likeness (QED) is 0.230. The molecule has 1 heterocycles. The first-order chi connectivity index (χ1) is 17.6. The molecule has 2 N–H and O–H groups in total. The van der Waals surface area contributed by atoms with Gasteiger partial charge in [0.1, 0.15) is 0 Å². The zero-order chi connectivity index (χ0) is 28.8. The van der Waals surface area contributed by atoms with Crippen LogP contribution in [0.4, 0.5) is 5.69 Å². The van der Waals surface area contributed by atoms with Gasteiger partial charge in [0.15, 0.2) is 12.4 Å². The number of carboxylic acids is 1. The molecular weight excluding hydrogens is 496 g/mol. The number of nitrogens with zero attached hydrogens (tertiary/aromatic N) is 1. The second-order valence-electron chi connectivity index (χ2n) is 10.5. The Balaban J connectivity index is 2.75. The summed E-state index contributed by atoms with van der Waals surface area (Å²) in [5.74, 6) is -3.82. The lowest BCUT2D eigenvalue weighted by molar-refractivity contribution is -0.384. The maximum atomic E-state index is 13.6. The third-order valence-corrected chi connectivity index (χ3v) is 5.54. The number of non-ortho nitro benzene ring substituents is 1. The highest BCUT2D eigenvalue weighted by molar-refractivity contribution is 6.04. The van der Waals surface area contributed by atoms with E-state index in [2.05, 4.69) is 5.32 Å². The Hall–Kier alpha value is -3.57. The standard InChI is InChI=1S/C27H36N2O9/c1-15(2)36-12-19-23(21(30)14-38-26(33)27(5,6)7)22(17-9-8-10-18(11-17)29(34)35)24(25(31)32)20(28-19)13-37-16(3)4/h8-11,15-16,22,28H,12-14H2,1-7H3,(H,31,32)/t22-/m0/s1. The zero-order valence-electron chi connectivity index (χ0n) is 22.8. The summed E-state index contributed by atoms with van der Waals surface area (Å²) in [5.41, 5.74) is -0.684. The van der Waals surface area contributed by atoms with Crippen LogP contribution in [0.3, 0.4) is 0 Å². The molecule has 208 valence electrons. The molecule has 0 bridgehead atoms. The first-order valence-electron chi connectivity index (χ1n) is 12.3. The van der Waals surface area contributed by atoms with E-state index in [0.717, 1.165) is 0 Å². The van der Waals surface area contributed by atoms with Crippen molar-refractivity contribution in [3.05, 3.63) is 62.5 Å². The molecule has 38 heavy (non-hydrogen) atoms. The SMILES string of the molecule is CC(C)OCC1=C(C(=O)O)[C@@H](c2cccc([N+](=O)[O-])c2)C(C(=O)COC(=O)C(C)(C)C)=C(COC(C)C)N1. The van der Waals surface area contributed by atoms with Gasteiger partial charge >= 0.3 is 11.9 Å². The maximum absolute atomic E-state index is 13.6. The Kier molecular flexibility index (Phi) is 10.3. The van der Waals surface area contributed by atoms with Gasteiger partial charge in [-0.2, -0.15) is 0 Å². The van der Waals surface area contributed by atoms with E-state index in [1.54, 1.807) is 48.5 Å². The average Bonchev–Trinajstić information content (AvgIpc) is 2.82. The summed E-state index contributed by atoms with van der Waals surface area (Å²) < 4.78 is 16.7. The van der Waals surface area contributed by atoms with E-state index in [9.17, 15) is 29.6 Å². The van der Waals surface area contributed by atoms with Crippen LogP contribution >= 0.6 is 0 Å². The van der Waals surface area contributed by atoms with Crippen molar-refractivity contribution < 1.29 is 38.6 Å². The lowest BCUT2D eigenvalue weighted by atomic mass is 9.78. The summed E-state index contributed by atoms with van der Waals surface area (Å²) in [6.07, 6.45) is -0.453. The van der Waals surface area contributed by atoms with Crippen LogP contribution in [0.2, 0.25) is 0 Å². The van der Waals surface area contributed by atoms with Crippen molar-refractivity contribution in [1.29, 1.82) is 0 Å². The first kappa shape index (κ1) is 30.7.